The lowest BCUT2D eigenvalue weighted by atomic mass is 10.7. The fourth-order valence-corrected chi connectivity index (χ4v) is 2.25. The van der Waals surface area contributed by atoms with Gasteiger partial charge in [-0.25, -0.2) is 13.6 Å². The van der Waals surface area contributed by atoms with Gasteiger partial charge in [-0.15, -0.1) is 0 Å². The van der Waals surface area contributed by atoms with Crippen molar-refractivity contribution in [1.29, 1.82) is 0 Å². The SMILES string of the molecule is O=P12OC3COC(O3)(O1)O2. The summed E-state index contributed by atoms with van der Waals surface area (Å²) in [5.41, 5.74) is 0. The van der Waals surface area contributed by atoms with Crippen LogP contribution in [0.15, 0.2) is 0 Å². The van der Waals surface area contributed by atoms with Crippen molar-refractivity contribution < 1.29 is 27.6 Å². The Balaban J connectivity index is 2.05. The zero-order valence-electron chi connectivity index (χ0n) is 4.68. The summed E-state index contributed by atoms with van der Waals surface area (Å²) in [6.07, 6.45) is -2.08. The molecule has 4 aliphatic heterocycles. The monoisotopic (exact) mass is 166 g/mol. The Morgan fingerprint density at radius 1 is 1.50 bits per heavy atom. The van der Waals surface area contributed by atoms with E-state index in [0.29, 0.717) is 0 Å². The molecule has 3 bridgehead atoms. The lowest BCUT2D eigenvalue weighted by molar-refractivity contribution is -0.486. The summed E-state index contributed by atoms with van der Waals surface area (Å²) < 4.78 is 34.5. The van der Waals surface area contributed by atoms with Crippen LogP contribution >= 0.6 is 7.82 Å². The molecule has 0 N–H and O–H groups in total. The van der Waals surface area contributed by atoms with E-state index in [1.54, 1.807) is 0 Å². The van der Waals surface area contributed by atoms with Crippen molar-refractivity contribution in [3.63, 3.8) is 0 Å². The van der Waals surface area contributed by atoms with Crippen molar-refractivity contribution in [1.82, 2.24) is 0 Å². The minimum Gasteiger partial charge on any atom is -0.297 e. The second-order valence-electron chi connectivity index (χ2n) is 2.09. The van der Waals surface area contributed by atoms with Gasteiger partial charge < -0.3 is 0 Å². The van der Waals surface area contributed by atoms with E-state index in [4.69, 9.17) is 9.47 Å². The summed E-state index contributed by atoms with van der Waals surface area (Å²) in [6.45, 7) is 0.198. The minimum absolute atomic E-state index is 0.198. The highest BCUT2D eigenvalue weighted by Gasteiger charge is 2.71. The lowest BCUT2D eigenvalue weighted by Gasteiger charge is -2.42. The molecule has 4 saturated heterocycles. The Hall–Kier alpha value is 0.0300. The van der Waals surface area contributed by atoms with Crippen molar-refractivity contribution in [2.75, 3.05) is 6.61 Å². The van der Waals surface area contributed by atoms with Crippen molar-refractivity contribution in [2.24, 2.45) is 0 Å². The van der Waals surface area contributed by atoms with Crippen LogP contribution in [-0.4, -0.2) is 19.1 Å². The quantitative estimate of drug-likeness (QED) is 0.477. The molecule has 4 rings (SSSR count). The molecule has 0 aromatic heterocycles. The van der Waals surface area contributed by atoms with E-state index < -0.39 is 20.3 Å². The van der Waals surface area contributed by atoms with Gasteiger partial charge in [-0.1, -0.05) is 0 Å². The van der Waals surface area contributed by atoms with E-state index in [1.165, 1.54) is 0 Å². The van der Waals surface area contributed by atoms with Crippen LogP contribution in [0.2, 0.25) is 0 Å². The molecule has 4 heterocycles. The molecular weight excluding hydrogens is 163 g/mol. The maximum absolute atomic E-state index is 10.9. The van der Waals surface area contributed by atoms with E-state index in [1.807, 2.05) is 0 Å². The molecule has 4 aliphatic rings. The number of hydrogen-bond acceptors (Lipinski definition) is 6. The van der Waals surface area contributed by atoms with E-state index in [2.05, 4.69) is 13.6 Å². The first-order valence-corrected chi connectivity index (χ1v) is 4.18. The van der Waals surface area contributed by atoms with Gasteiger partial charge in [-0.3, -0.25) is 14.0 Å². The van der Waals surface area contributed by atoms with Gasteiger partial charge in [-0.2, -0.15) is 0 Å². The maximum Gasteiger partial charge on any atom is 0.489 e. The maximum atomic E-state index is 10.9. The summed E-state index contributed by atoms with van der Waals surface area (Å²) in [5, 5.41) is 0. The molecule has 0 aliphatic carbocycles. The summed E-state index contributed by atoms with van der Waals surface area (Å²) in [6, 6.07) is 0. The average molecular weight is 166 g/mol. The molecule has 10 heavy (non-hydrogen) atoms. The molecule has 1 spiro atoms. The van der Waals surface area contributed by atoms with Gasteiger partial charge >= 0.3 is 14.0 Å². The Kier molecular flexibility index (Phi) is 0.744. The third-order valence-electron chi connectivity index (χ3n) is 1.37. The Morgan fingerprint density at radius 3 is 3.00 bits per heavy atom. The van der Waals surface area contributed by atoms with E-state index >= 15 is 0 Å². The van der Waals surface area contributed by atoms with Gasteiger partial charge in [0.15, 0.2) is 0 Å². The highest BCUT2D eigenvalue weighted by atomic mass is 31.2. The van der Waals surface area contributed by atoms with Gasteiger partial charge in [0.05, 0.1) is 0 Å². The van der Waals surface area contributed by atoms with Crippen LogP contribution < -0.4 is 0 Å². The predicted octanol–water partition coefficient (Wildman–Crippen LogP) is 0.156. The highest BCUT2D eigenvalue weighted by Crippen LogP contribution is 2.72. The predicted molar refractivity (Wildman–Crippen MR) is 24.4 cm³/mol. The third-order valence-corrected chi connectivity index (χ3v) is 2.75. The van der Waals surface area contributed by atoms with Crippen LogP contribution in [0.4, 0.5) is 0 Å². The molecule has 0 aromatic carbocycles. The first kappa shape index (κ1) is 5.65. The smallest absolute Gasteiger partial charge is 0.297 e. The standard InChI is InChI=1S/C3H3O6P/c4-10-7-2-1-5-3(6-2,8-10)9-10/h2H,1H2. The molecular formula is C3H3O6P. The first-order valence-electron chi connectivity index (χ1n) is 2.72. The molecule has 1 atom stereocenters. The van der Waals surface area contributed by atoms with Crippen LogP contribution in [0.3, 0.4) is 0 Å². The zero-order chi connectivity index (χ0) is 6.82. The van der Waals surface area contributed by atoms with Gasteiger partial charge in [0.25, 0.3) is 0 Å². The zero-order valence-corrected chi connectivity index (χ0v) is 5.58. The molecule has 7 heteroatoms. The number of ether oxygens (including phenoxy) is 2. The number of rotatable bonds is 0. The van der Waals surface area contributed by atoms with Gasteiger partial charge in [-0.05, 0) is 0 Å². The molecule has 0 radical (unpaired) electrons. The van der Waals surface area contributed by atoms with Gasteiger partial charge in [0, 0.05) is 0 Å². The number of phosphoric acid groups is 1. The molecule has 56 valence electrons. The van der Waals surface area contributed by atoms with Crippen LogP contribution in [0.5, 0.6) is 0 Å². The fraction of sp³-hybridized carbons (Fsp3) is 1.00. The molecule has 0 amide bonds. The normalized spacial score (nSPS) is 63.8. The Morgan fingerprint density at radius 2 is 2.30 bits per heavy atom. The van der Waals surface area contributed by atoms with E-state index in [0.717, 1.165) is 0 Å². The molecule has 6 nitrogen and oxygen atoms in total. The van der Waals surface area contributed by atoms with Crippen LogP contribution in [0, 0.1) is 0 Å². The van der Waals surface area contributed by atoms with Gasteiger partial charge in [0.2, 0.25) is 6.29 Å². The van der Waals surface area contributed by atoms with Gasteiger partial charge in [0.1, 0.15) is 6.61 Å². The van der Waals surface area contributed by atoms with Crippen LogP contribution in [-0.2, 0) is 27.6 Å². The summed E-state index contributed by atoms with van der Waals surface area (Å²) in [4.78, 5) is 0. The van der Waals surface area contributed by atoms with Crippen molar-refractivity contribution in [2.45, 2.75) is 12.4 Å². The van der Waals surface area contributed by atoms with Crippen molar-refractivity contribution in [3.05, 3.63) is 0 Å². The van der Waals surface area contributed by atoms with E-state index in [-0.39, 0.29) is 6.61 Å². The molecule has 4 fully saturated rings. The molecule has 1 unspecified atom stereocenters. The van der Waals surface area contributed by atoms with Crippen molar-refractivity contribution >= 4 is 7.82 Å². The summed E-state index contributed by atoms with van der Waals surface area (Å²) in [5.74, 6) is 0. The third kappa shape index (κ3) is 0.505. The minimum atomic E-state index is -3.25. The second kappa shape index (κ2) is 1.32. The Labute approximate surface area is 55.6 Å². The molecule has 0 aromatic rings. The highest BCUT2D eigenvalue weighted by molar-refractivity contribution is 7.49. The topological polar surface area (TPSA) is 63.2 Å². The van der Waals surface area contributed by atoms with E-state index in [9.17, 15) is 4.57 Å². The largest absolute Gasteiger partial charge is 0.489 e. The summed E-state index contributed by atoms with van der Waals surface area (Å²) >= 11 is 0. The molecule has 0 saturated carbocycles. The summed E-state index contributed by atoms with van der Waals surface area (Å²) in [7, 11) is -3.25. The average Bonchev–Trinajstić information content (AvgIpc) is 2.02. The number of phosphoric ester groups is 1. The first-order chi connectivity index (χ1) is 4.70. The second-order valence-corrected chi connectivity index (χ2v) is 3.56. The fourth-order valence-electron chi connectivity index (χ4n) is 1.01. The Bertz CT molecular complexity index is 219. The number of hydrogen-bond donors (Lipinski definition) is 0. The lowest BCUT2D eigenvalue weighted by Crippen LogP contribution is -2.48. The van der Waals surface area contributed by atoms with Crippen molar-refractivity contribution in [3.8, 4) is 0 Å². The van der Waals surface area contributed by atoms with Crippen LogP contribution in [0.25, 0.3) is 0 Å². The van der Waals surface area contributed by atoms with Crippen LogP contribution in [0.1, 0.15) is 0 Å².